The van der Waals surface area contributed by atoms with E-state index in [2.05, 4.69) is 22.8 Å². The summed E-state index contributed by atoms with van der Waals surface area (Å²) < 4.78 is 11.0. The minimum Gasteiger partial charge on any atom is -0.481 e. The molecule has 0 heterocycles. The lowest BCUT2D eigenvalue weighted by Crippen LogP contribution is -2.55. The fourth-order valence-corrected chi connectivity index (χ4v) is 4.41. The van der Waals surface area contributed by atoms with Gasteiger partial charge in [-0.15, -0.1) is 0 Å². The molecule has 1 atom stereocenters. The second-order valence-electron chi connectivity index (χ2n) is 10.1. The number of carboxylic acids is 1. The van der Waals surface area contributed by atoms with Crippen LogP contribution in [-0.2, 0) is 19.1 Å². The van der Waals surface area contributed by atoms with Crippen molar-refractivity contribution in [3.8, 4) is 11.1 Å². The molecule has 188 valence electrons. The molecule has 0 saturated carbocycles. The largest absolute Gasteiger partial charge is 0.481 e. The van der Waals surface area contributed by atoms with Gasteiger partial charge in [-0.1, -0.05) is 48.5 Å². The molecule has 8 heteroatoms. The molecule has 0 aliphatic heterocycles. The Hall–Kier alpha value is -3.39. The average Bonchev–Trinajstić information content (AvgIpc) is 3.09. The summed E-state index contributed by atoms with van der Waals surface area (Å²) in [5, 5.41) is 14.5. The van der Waals surface area contributed by atoms with Gasteiger partial charge in [-0.3, -0.25) is 9.59 Å². The van der Waals surface area contributed by atoms with Crippen molar-refractivity contribution in [3.05, 3.63) is 59.7 Å². The Morgan fingerprint density at radius 2 is 1.51 bits per heavy atom. The van der Waals surface area contributed by atoms with Crippen molar-refractivity contribution in [2.45, 2.75) is 63.6 Å². The van der Waals surface area contributed by atoms with E-state index in [1.54, 1.807) is 27.7 Å². The lowest BCUT2D eigenvalue weighted by atomic mass is 9.95. The van der Waals surface area contributed by atoms with Crippen LogP contribution in [0.5, 0.6) is 0 Å². The number of carbonyl (C=O) groups is 3. The lowest BCUT2D eigenvalue weighted by molar-refractivity contribution is -0.139. The Morgan fingerprint density at radius 3 is 2.03 bits per heavy atom. The van der Waals surface area contributed by atoms with E-state index in [1.807, 2.05) is 36.4 Å². The maximum atomic E-state index is 13.0. The van der Waals surface area contributed by atoms with Gasteiger partial charge in [-0.25, -0.2) is 4.79 Å². The molecule has 1 aliphatic carbocycles. The van der Waals surface area contributed by atoms with Crippen LogP contribution >= 0.6 is 0 Å². The second kappa shape index (κ2) is 10.5. The Kier molecular flexibility index (Phi) is 7.85. The quantitative estimate of drug-likeness (QED) is 0.470. The molecule has 2 amide bonds. The molecule has 35 heavy (non-hydrogen) atoms. The highest BCUT2D eigenvalue weighted by molar-refractivity contribution is 5.87. The summed E-state index contributed by atoms with van der Waals surface area (Å²) in [5.41, 5.74) is 2.71. The normalized spacial score (nSPS) is 14.0. The van der Waals surface area contributed by atoms with E-state index >= 15 is 0 Å². The van der Waals surface area contributed by atoms with E-state index in [0.717, 1.165) is 22.3 Å². The van der Waals surface area contributed by atoms with E-state index in [9.17, 15) is 14.4 Å². The van der Waals surface area contributed by atoms with Crippen LogP contribution in [0.1, 0.15) is 57.6 Å². The molecule has 1 aliphatic rings. The van der Waals surface area contributed by atoms with Crippen molar-refractivity contribution in [3.63, 3.8) is 0 Å². The molecule has 1 unspecified atom stereocenters. The molecular formula is C27H34N2O6. The number of hydrogen-bond donors (Lipinski definition) is 3. The van der Waals surface area contributed by atoms with E-state index in [-0.39, 0.29) is 25.4 Å². The van der Waals surface area contributed by atoms with Crippen molar-refractivity contribution in [1.29, 1.82) is 0 Å². The van der Waals surface area contributed by atoms with Gasteiger partial charge in [-0.05, 0) is 49.9 Å². The first-order valence-electron chi connectivity index (χ1n) is 11.6. The fourth-order valence-electron chi connectivity index (χ4n) is 4.41. The minimum atomic E-state index is -1.03. The van der Waals surface area contributed by atoms with Gasteiger partial charge in [-0.2, -0.15) is 0 Å². The first-order valence-corrected chi connectivity index (χ1v) is 11.6. The molecule has 0 radical (unpaired) electrons. The summed E-state index contributed by atoms with van der Waals surface area (Å²) in [6, 6.07) is 15.1. The molecule has 3 rings (SSSR count). The zero-order valence-corrected chi connectivity index (χ0v) is 20.9. The number of methoxy groups -OCH3 is 1. The number of benzene rings is 2. The molecule has 2 aromatic carbocycles. The topological polar surface area (TPSA) is 114 Å². The van der Waals surface area contributed by atoms with Gasteiger partial charge >= 0.3 is 12.1 Å². The van der Waals surface area contributed by atoms with Gasteiger partial charge in [0.05, 0.1) is 12.0 Å². The number of aliphatic carboxylic acids is 1. The Labute approximate surface area is 206 Å². The van der Waals surface area contributed by atoms with Crippen LogP contribution < -0.4 is 10.6 Å². The Balaban J connectivity index is 1.71. The van der Waals surface area contributed by atoms with E-state index < -0.39 is 35.2 Å². The van der Waals surface area contributed by atoms with E-state index in [0.29, 0.717) is 0 Å². The van der Waals surface area contributed by atoms with Crippen molar-refractivity contribution in [2.24, 2.45) is 0 Å². The van der Waals surface area contributed by atoms with Crippen molar-refractivity contribution >= 4 is 18.0 Å². The molecule has 0 saturated heterocycles. The predicted molar refractivity (Wildman–Crippen MR) is 132 cm³/mol. The minimum absolute atomic E-state index is 0.106. The summed E-state index contributed by atoms with van der Waals surface area (Å²) in [4.78, 5) is 37.0. The molecule has 0 spiro atoms. The molecule has 0 fully saturated rings. The van der Waals surface area contributed by atoms with Crippen LogP contribution in [0.3, 0.4) is 0 Å². The molecule has 0 bridgehead atoms. The molecule has 0 aromatic heterocycles. The number of rotatable bonds is 10. The number of carboxylic acid groups (broad SMARTS) is 1. The summed E-state index contributed by atoms with van der Waals surface area (Å²) >= 11 is 0. The standard InChI is InChI=1S/C27H34N2O6/c1-26(2,15-23(30)31)29-24(32)22(14-27(3,4)34-5)28-25(33)35-16-21-19-12-8-6-10-17(19)18-11-7-9-13-20(18)21/h6-13,21-22H,14-16H2,1-5H3,(H,28,33)(H,29,32)(H,30,31). The highest BCUT2D eigenvalue weighted by Gasteiger charge is 2.34. The number of ether oxygens (including phenoxy) is 2. The number of carbonyl (C=O) groups excluding carboxylic acids is 2. The van der Waals surface area contributed by atoms with Crippen LogP contribution in [0.25, 0.3) is 11.1 Å². The van der Waals surface area contributed by atoms with Crippen LogP contribution in [0.4, 0.5) is 4.79 Å². The first kappa shape index (κ1) is 26.2. The third-order valence-corrected chi connectivity index (χ3v) is 6.26. The SMILES string of the molecule is COC(C)(C)CC(NC(=O)OCC1c2ccccc2-c2ccccc21)C(=O)NC(C)(C)CC(=O)O. The molecule has 2 aromatic rings. The van der Waals surface area contributed by atoms with E-state index in [4.69, 9.17) is 14.6 Å². The summed E-state index contributed by atoms with van der Waals surface area (Å²) in [6.45, 7) is 6.95. The third-order valence-electron chi connectivity index (χ3n) is 6.26. The summed E-state index contributed by atoms with van der Waals surface area (Å²) in [7, 11) is 1.52. The third kappa shape index (κ3) is 6.60. The van der Waals surface area contributed by atoms with Crippen molar-refractivity contribution in [2.75, 3.05) is 13.7 Å². The highest BCUT2D eigenvalue weighted by Crippen LogP contribution is 2.44. The van der Waals surface area contributed by atoms with Gasteiger partial charge < -0.3 is 25.2 Å². The smallest absolute Gasteiger partial charge is 0.407 e. The monoisotopic (exact) mass is 482 g/mol. The first-order chi connectivity index (χ1) is 16.4. The average molecular weight is 483 g/mol. The summed E-state index contributed by atoms with van der Waals surface area (Å²) in [5.74, 6) is -1.64. The molecule has 3 N–H and O–H groups in total. The number of fused-ring (bicyclic) bond motifs is 3. The van der Waals surface area contributed by atoms with E-state index in [1.165, 1.54) is 7.11 Å². The number of amides is 2. The maximum Gasteiger partial charge on any atom is 0.407 e. The number of nitrogens with one attached hydrogen (secondary N) is 2. The summed E-state index contributed by atoms with van der Waals surface area (Å²) in [6.07, 6.45) is -0.817. The zero-order chi connectivity index (χ0) is 25.8. The highest BCUT2D eigenvalue weighted by atomic mass is 16.5. The Morgan fingerprint density at radius 1 is 0.971 bits per heavy atom. The second-order valence-corrected chi connectivity index (χ2v) is 10.1. The van der Waals surface area contributed by atoms with Gasteiger partial charge in [0, 0.05) is 25.0 Å². The van der Waals surface area contributed by atoms with Crippen molar-refractivity contribution in [1.82, 2.24) is 10.6 Å². The fraction of sp³-hybridized carbons (Fsp3) is 0.444. The van der Waals surface area contributed by atoms with Gasteiger partial charge in [0.25, 0.3) is 0 Å². The number of hydrogen-bond acceptors (Lipinski definition) is 5. The van der Waals surface area contributed by atoms with Crippen molar-refractivity contribution < 1.29 is 29.0 Å². The molecular weight excluding hydrogens is 448 g/mol. The van der Waals surface area contributed by atoms with Crippen LogP contribution in [-0.4, -0.2) is 54.0 Å². The van der Waals surface area contributed by atoms with Crippen LogP contribution in [0, 0.1) is 0 Å². The van der Waals surface area contributed by atoms with Gasteiger partial charge in [0.2, 0.25) is 5.91 Å². The lowest BCUT2D eigenvalue weighted by Gasteiger charge is -2.31. The van der Waals surface area contributed by atoms with Crippen LogP contribution in [0.15, 0.2) is 48.5 Å². The maximum absolute atomic E-state index is 13.0. The zero-order valence-electron chi connectivity index (χ0n) is 20.9. The van der Waals surface area contributed by atoms with Crippen LogP contribution in [0.2, 0.25) is 0 Å². The Bertz CT molecular complexity index is 1050. The van der Waals surface area contributed by atoms with Gasteiger partial charge in [0.15, 0.2) is 0 Å². The predicted octanol–water partition coefficient (Wildman–Crippen LogP) is 4.08. The van der Waals surface area contributed by atoms with Gasteiger partial charge in [0.1, 0.15) is 12.6 Å². The number of alkyl carbamates (subject to hydrolysis) is 1. The molecule has 8 nitrogen and oxygen atoms in total.